The van der Waals surface area contributed by atoms with E-state index in [4.69, 9.17) is 5.11 Å². The number of aromatic hydroxyl groups is 2. The lowest BCUT2D eigenvalue weighted by molar-refractivity contribution is -0.131. The molecule has 0 aliphatic carbocycles. The van der Waals surface area contributed by atoms with Gasteiger partial charge in [0.25, 0.3) is 11.8 Å². The van der Waals surface area contributed by atoms with Gasteiger partial charge in [-0.05, 0) is 12.1 Å². The average molecular weight is 262 g/mol. The maximum absolute atomic E-state index is 11.5. The van der Waals surface area contributed by atoms with Crippen LogP contribution in [0.4, 0.5) is 0 Å². The molecule has 98 valence electrons. The second kappa shape index (κ2) is 5.17. The maximum atomic E-state index is 11.5. The summed E-state index contributed by atoms with van der Waals surface area (Å²) in [7, 11) is 0. The van der Waals surface area contributed by atoms with Crippen molar-refractivity contribution in [1.82, 2.24) is 10.9 Å². The monoisotopic (exact) mass is 262 g/mol. The molecular formula is C11H10N4O4. The van der Waals surface area contributed by atoms with E-state index in [-0.39, 0.29) is 11.5 Å². The van der Waals surface area contributed by atoms with E-state index in [0.717, 1.165) is 6.07 Å². The first-order valence-electron chi connectivity index (χ1n) is 5.26. The van der Waals surface area contributed by atoms with E-state index in [1.165, 1.54) is 24.6 Å². The van der Waals surface area contributed by atoms with E-state index in [1.807, 2.05) is 0 Å². The van der Waals surface area contributed by atoms with Crippen LogP contribution in [0.15, 0.2) is 28.4 Å². The Kier molecular flexibility index (Phi) is 3.42. The summed E-state index contributed by atoms with van der Waals surface area (Å²) in [5, 5.41) is 25.6. The number of amides is 2. The number of phenols is 2. The Bertz CT molecular complexity index is 582. The standard InChI is InChI=1S/C11H10N4O4/c16-7-2-1-6(9(17)3-7)4-12-14-10(18)8-5-13-15-11(8)19/h1-5,8,16-17H,(H,14,18)(H,15,19)/b12-4-/t8-/m0/s1. The highest BCUT2D eigenvalue weighted by Crippen LogP contribution is 2.20. The van der Waals surface area contributed by atoms with Gasteiger partial charge in [-0.1, -0.05) is 0 Å². The molecule has 19 heavy (non-hydrogen) atoms. The van der Waals surface area contributed by atoms with Crippen molar-refractivity contribution in [3.8, 4) is 11.5 Å². The highest BCUT2D eigenvalue weighted by Gasteiger charge is 2.28. The number of carbonyl (C=O) groups excluding carboxylic acids is 2. The van der Waals surface area contributed by atoms with Crippen molar-refractivity contribution < 1.29 is 19.8 Å². The van der Waals surface area contributed by atoms with Gasteiger partial charge in [0.2, 0.25) is 0 Å². The molecule has 0 aromatic heterocycles. The smallest absolute Gasteiger partial charge is 0.258 e. The zero-order valence-electron chi connectivity index (χ0n) is 9.57. The summed E-state index contributed by atoms with van der Waals surface area (Å²) in [5.41, 5.74) is 4.58. The number of rotatable bonds is 3. The van der Waals surface area contributed by atoms with Gasteiger partial charge in [0, 0.05) is 17.8 Å². The van der Waals surface area contributed by atoms with Crippen molar-refractivity contribution in [3.05, 3.63) is 23.8 Å². The highest BCUT2D eigenvalue weighted by atomic mass is 16.3. The molecule has 0 saturated carbocycles. The Morgan fingerprint density at radius 2 is 2.26 bits per heavy atom. The van der Waals surface area contributed by atoms with Crippen LogP contribution in [0.2, 0.25) is 0 Å². The first-order chi connectivity index (χ1) is 9.08. The fourth-order valence-electron chi connectivity index (χ4n) is 1.38. The van der Waals surface area contributed by atoms with E-state index in [0.29, 0.717) is 5.56 Å². The Labute approximate surface area is 107 Å². The second-order valence-corrected chi connectivity index (χ2v) is 3.71. The largest absolute Gasteiger partial charge is 0.508 e. The molecule has 0 spiro atoms. The lowest BCUT2D eigenvalue weighted by Crippen LogP contribution is -2.34. The number of nitrogens with one attached hydrogen (secondary N) is 2. The Morgan fingerprint density at radius 1 is 1.47 bits per heavy atom. The summed E-state index contributed by atoms with van der Waals surface area (Å²) in [6, 6.07) is 3.92. The van der Waals surface area contributed by atoms with Crippen LogP contribution >= 0.6 is 0 Å². The zero-order valence-corrected chi connectivity index (χ0v) is 9.57. The summed E-state index contributed by atoms with van der Waals surface area (Å²) in [6.07, 6.45) is 2.36. The van der Waals surface area contributed by atoms with Gasteiger partial charge in [-0.2, -0.15) is 10.2 Å². The third-order valence-electron chi connectivity index (χ3n) is 2.36. The molecule has 1 aliphatic rings. The third-order valence-corrected chi connectivity index (χ3v) is 2.36. The van der Waals surface area contributed by atoms with Gasteiger partial charge in [0.1, 0.15) is 11.5 Å². The number of carbonyl (C=O) groups is 2. The van der Waals surface area contributed by atoms with E-state index in [9.17, 15) is 14.7 Å². The summed E-state index contributed by atoms with van der Waals surface area (Å²) >= 11 is 0. The van der Waals surface area contributed by atoms with Gasteiger partial charge in [-0.3, -0.25) is 9.59 Å². The van der Waals surface area contributed by atoms with Gasteiger partial charge in [-0.15, -0.1) is 0 Å². The van der Waals surface area contributed by atoms with Crippen molar-refractivity contribution in [1.29, 1.82) is 0 Å². The molecule has 1 aliphatic heterocycles. The molecule has 0 saturated heterocycles. The molecule has 1 aromatic rings. The van der Waals surface area contributed by atoms with Crippen LogP contribution in [-0.4, -0.2) is 34.5 Å². The number of phenolic OH excluding ortho intramolecular Hbond substituents is 2. The molecule has 1 atom stereocenters. The minimum atomic E-state index is -1.01. The van der Waals surface area contributed by atoms with Gasteiger partial charge in [0.05, 0.1) is 6.21 Å². The van der Waals surface area contributed by atoms with E-state index < -0.39 is 17.7 Å². The molecule has 0 fully saturated rings. The molecule has 0 bridgehead atoms. The van der Waals surface area contributed by atoms with Crippen LogP contribution < -0.4 is 10.9 Å². The zero-order chi connectivity index (χ0) is 13.8. The van der Waals surface area contributed by atoms with Crippen LogP contribution in [0.3, 0.4) is 0 Å². The molecule has 0 unspecified atom stereocenters. The van der Waals surface area contributed by atoms with E-state index in [2.05, 4.69) is 21.1 Å². The average Bonchev–Trinajstić information content (AvgIpc) is 2.78. The molecule has 1 heterocycles. The minimum Gasteiger partial charge on any atom is -0.508 e. The van der Waals surface area contributed by atoms with Crippen LogP contribution in [-0.2, 0) is 9.59 Å². The lowest BCUT2D eigenvalue weighted by atomic mass is 10.1. The van der Waals surface area contributed by atoms with Crippen molar-refractivity contribution in [2.45, 2.75) is 0 Å². The van der Waals surface area contributed by atoms with E-state index >= 15 is 0 Å². The van der Waals surface area contributed by atoms with Crippen molar-refractivity contribution >= 4 is 24.2 Å². The quantitative estimate of drug-likeness (QED) is 0.326. The van der Waals surface area contributed by atoms with Gasteiger partial charge >= 0.3 is 0 Å². The van der Waals surface area contributed by atoms with Crippen LogP contribution in [0.5, 0.6) is 11.5 Å². The minimum absolute atomic E-state index is 0.0856. The Hall–Kier alpha value is -2.90. The lowest BCUT2D eigenvalue weighted by Gasteiger charge is -2.02. The fourth-order valence-corrected chi connectivity index (χ4v) is 1.38. The van der Waals surface area contributed by atoms with Crippen LogP contribution in [0.1, 0.15) is 5.56 Å². The number of hydrazone groups is 2. The summed E-state index contributed by atoms with van der Waals surface area (Å²) in [4.78, 5) is 22.6. The van der Waals surface area contributed by atoms with Crippen molar-refractivity contribution in [3.63, 3.8) is 0 Å². The molecule has 4 N–H and O–H groups in total. The molecule has 0 radical (unpaired) electrons. The molecule has 2 amide bonds. The molecule has 8 heteroatoms. The first-order valence-corrected chi connectivity index (χ1v) is 5.26. The van der Waals surface area contributed by atoms with Crippen LogP contribution in [0, 0.1) is 5.92 Å². The van der Waals surface area contributed by atoms with Crippen molar-refractivity contribution in [2.75, 3.05) is 0 Å². The normalized spacial score (nSPS) is 17.7. The first kappa shape index (κ1) is 12.6. The van der Waals surface area contributed by atoms with Gasteiger partial charge < -0.3 is 10.2 Å². The fraction of sp³-hybridized carbons (Fsp3) is 0.0909. The predicted molar refractivity (Wildman–Crippen MR) is 65.6 cm³/mol. The SMILES string of the molecule is O=C1NN=C[C@H]1C(=O)N/N=C\c1ccc(O)cc1O. The number of hydrogen-bond acceptors (Lipinski definition) is 6. The molecule has 2 rings (SSSR count). The van der Waals surface area contributed by atoms with Crippen molar-refractivity contribution in [2.24, 2.45) is 16.1 Å². The number of benzene rings is 1. The molecule has 1 aromatic carbocycles. The van der Waals surface area contributed by atoms with Gasteiger partial charge in [-0.25, -0.2) is 10.9 Å². The number of hydrogen-bond donors (Lipinski definition) is 4. The third kappa shape index (κ3) is 2.86. The van der Waals surface area contributed by atoms with E-state index in [1.54, 1.807) is 0 Å². The second-order valence-electron chi connectivity index (χ2n) is 3.71. The Morgan fingerprint density at radius 3 is 2.89 bits per heavy atom. The summed E-state index contributed by atoms with van der Waals surface area (Å²) in [5.74, 6) is -2.44. The Balaban J connectivity index is 1.98. The topological polar surface area (TPSA) is 123 Å². The van der Waals surface area contributed by atoms with Crippen LogP contribution in [0.25, 0.3) is 0 Å². The van der Waals surface area contributed by atoms with Gasteiger partial charge in [0.15, 0.2) is 5.92 Å². The summed E-state index contributed by atoms with van der Waals surface area (Å²) < 4.78 is 0. The molecular weight excluding hydrogens is 252 g/mol. The number of nitrogens with zero attached hydrogens (tertiary/aromatic N) is 2. The maximum Gasteiger partial charge on any atom is 0.258 e. The summed E-state index contributed by atoms with van der Waals surface area (Å²) in [6.45, 7) is 0. The predicted octanol–water partition coefficient (Wildman–Crippen LogP) is -0.720. The molecule has 8 nitrogen and oxygen atoms in total. The highest BCUT2D eigenvalue weighted by molar-refractivity contribution is 6.15.